The molecule has 0 radical (unpaired) electrons. The molecule has 0 aliphatic carbocycles. The van der Waals surface area contributed by atoms with Crippen molar-refractivity contribution >= 4 is 5.91 Å². The summed E-state index contributed by atoms with van der Waals surface area (Å²) in [7, 11) is 0. The van der Waals surface area contributed by atoms with Crippen LogP contribution < -0.4 is 5.73 Å². The topological polar surface area (TPSA) is 66.9 Å². The number of amides is 1. The summed E-state index contributed by atoms with van der Waals surface area (Å²) in [6, 6.07) is 1.89. The van der Waals surface area contributed by atoms with Gasteiger partial charge in [0, 0.05) is 5.57 Å². The van der Waals surface area contributed by atoms with Gasteiger partial charge in [-0.25, -0.2) is 0 Å². The van der Waals surface area contributed by atoms with E-state index in [1.54, 1.807) is 19.9 Å². The number of hydrogen-bond donors (Lipinski definition) is 1. The Hall–Kier alpha value is -1.30. The zero-order valence-electron chi connectivity index (χ0n) is 6.09. The molecule has 1 unspecified atom stereocenters. The van der Waals surface area contributed by atoms with Gasteiger partial charge in [0.25, 0.3) is 0 Å². The minimum atomic E-state index is -0.463. The molecule has 0 saturated carbocycles. The minimum absolute atomic E-state index is 0.424. The van der Waals surface area contributed by atoms with E-state index in [-0.39, 0.29) is 0 Å². The number of nitrogens with two attached hydrogens (primary N) is 1. The first kappa shape index (κ1) is 8.70. The smallest absolute Gasteiger partial charge is 0.225 e. The number of primary amides is 1. The zero-order chi connectivity index (χ0) is 8.15. The lowest BCUT2D eigenvalue weighted by molar-refractivity contribution is -0.120. The van der Waals surface area contributed by atoms with Crippen LogP contribution in [0.1, 0.15) is 13.8 Å². The summed E-state index contributed by atoms with van der Waals surface area (Å²) in [5.41, 5.74) is 5.38. The SMILES string of the molecule is C/C=C(/C#N)C(C)C(N)=O. The van der Waals surface area contributed by atoms with E-state index in [0.717, 1.165) is 0 Å². The predicted octanol–water partition coefficient (Wildman–Crippen LogP) is 0.578. The maximum atomic E-state index is 10.5. The van der Waals surface area contributed by atoms with E-state index < -0.39 is 11.8 Å². The second-order valence-electron chi connectivity index (χ2n) is 1.98. The third kappa shape index (κ3) is 1.90. The summed E-state index contributed by atoms with van der Waals surface area (Å²) in [5.74, 6) is -0.926. The predicted molar refractivity (Wildman–Crippen MR) is 37.7 cm³/mol. The molecule has 54 valence electrons. The van der Waals surface area contributed by atoms with Crippen molar-refractivity contribution in [2.24, 2.45) is 11.7 Å². The van der Waals surface area contributed by atoms with E-state index in [9.17, 15) is 4.79 Å². The van der Waals surface area contributed by atoms with Gasteiger partial charge in [-0.05, 0) is 13.8 Å². The van der Waals surface area contributed by atoms with Crippen LogP contribution in [0.15, 0.2) is 11.6 Å². The fraction of sp³-hybridized carbons (Fsp3) is 0.429. The number of nitriles is 1. The first-order valence-corrected chi connectivity index (χ1v) is 2.99. The average Bonchev–Trinajstić information content (AvgIpc) is 1.90. The van der Waals surface area contributed by atoms with E-state index in [0.29, 0.717) is 5.57 Å². The molecule has 0 saturated heterocycles. The van der Waals surface area contributed by atoms with Crippen LogP contribution in [0.2, 0.25) is 0 Å². The Morgan fingerprint density at radius 1 is 1.80 bits per heavy atom. The molecule has 1 atom stereocenters. The van der Waals surface area contributed by atoms with Crippen molar-refractivity contribution in [2.75, 3.05) is 0 Å². The van der Waals surface area contributed by atoms with Gasteiger partial charge in [0.1, 0.15) is 0 Å². The highest BCUT2D eigenvalue weighted by atomic mass is 16.1. The Kier molecular flexibility index (Phi) is 3.20. The zero-order valence-corrected chi connectivity index (χ0v) is 6.09. The van der Waals surface area contributed by atoms with Gasteiger partial charge in [-0.15, -0.1) is 0 Å². The summed E-state index contributed by atoms with van der Waals surface area (Å²) in [6.07, 6.45) is 1.59. The molecule has 10 heavy (non-hydrogen) atoms. The Bertz CT molecular complexity index is 200. The number of allylic oxidation sites excluding steroid dienone is 1. The van der Waals surface area contributed by atoms with E-state index >= 15 is 0 Å². The summed E-state index contributed by atoms with van der Waals surface area (Å²) in [4.78, 5) is 10.5. The molecule has 0 bridgehead atoms. The monoisotopic (exact) mass is 138 g/mol. The molecule has 2 N–H and O–H groups in total. The van der Waals surface area contributed by atoms with Crippen molar-refractivity contribution in [1.29, 1.82) is 5.26 Å². The van der Waals surface area contributed by atoms with E-state index in [1.807, 2.05) is 6.07 Å². The van der Waals surface area contributed by atoms with Gasteiger partial charge in [0.05, 0.1) is 12.0 Å². The maximum Gasteiger partial charge on any atom is 0.225 e. The molecule has 3 nitrogen and oxygen atoms in total. The van der Waals surface area contributed by atoms with Gasteiger partial charge in [-0.3, -0.25) is 4.79 Å². The van der Waals surface area contributed by atoms with Crippen LogP contribution in [0.25, 0.3) is 0 Å². The molecule has 0 heterocycles. The van der Waals surface area contributed by atoms with E-state index in [2.05, 4.69) is 0 Å². The lowest BCUT2D eigenvalue weighted by Crippen LogP contribution is -2.21. The first-order valence-electron chi connectivity index (χ1n) is 2.99. The van der Waals surface area contributed by atoms with Crippen molar-refractivity contribution in [1.82, 2.24) is 0 Å². The Labute approximate surface area is 60.1 Å². The highest BCUT2D eigenvalue weighted by molar-refractivity contribution is 5.80. The summed E-state index contributed by atoms with van der Waals surface area (Å²) in [5, 5.41) is 8.42. The molecular formula is C7H10N2O. The first-order chi connectivity index (χ1) is 4.63. The van der Waals surface area contributed by atoms with Gasteiger partial charge >= 0.3 is 0 Å². The van der Waals surface area contributed by atoms with E-state index in [1.165, 1.54) is 0 Å². The van der Waals surface area contributed by atoms with Crippen molar-refractivity contribution in [3.05, 3.63) is 11.6 Å². The Balaban J connectivity index is 4.36. The molecular weight excluding hydrogens is 128 g/mol. The number of rotatable bonds is 2. The average molecular weight is 138 g/mol. The number of carbonyl (C=O) groups excluding carboxylic acids is 1. The molecule has 0 rings (SSSR count). The van der Waals surface area contributed by atoms with Crippen LogP contribution in [-0.4, -0.2) is 5.91 Å². The molecule has 1 amide bonds. The lowest BCUT2D eigenvalue weighted by atomic mass is 10.0. The maximum absolute atomic E-state index is 10.5. The summed E-state index contributed by atoms with van der Waals surface area (Å²) < 4.78 is 0. The van der Waals surface area contributed by atoms with Gasteiger partial charge in [0.2, 0.25) is 5.91 Å². The van der Waals surface area contributed by atoms with Gasteiger partial charge in [-0.2, -0.15) is 5.26 Å². The molecule has 0 aliphatic heterocycles. The number of nitrogens with zero attached hydrogens (tertiary/aromatic N) is 1. The quantitative estimate of drug-likeness (QED) is 0.567. The van der Waals surface area contributed by atoms with Crippen molar-refractivity contribution < 1.29 is 4.79 Å². The summed E-state index contributed by atoms with van der Waals surface area (Å²) >= 11 is 0. The second kappa shape index (κ2) is 3.67. The van der Waals surface area contributed by atoms with Crippen molar-refractivity contribution in [2.45, 2.75) is 13.8 Å². The van der Waals surface area contributed by atoms with Crippen LogP contribution in [0, 0.1) is 17.2 Å². The molecule has 0 aromatic heterocycles. The van der Waals surface area contributed by atoms with Gasteiger partial charge in [-0.1, -0.05) is 6.08 Å². The molecule has 0 spiro atoms. The summed E-state index contributed by atoms with van der Waals surface area (Å²) in [6.45, 7) is 3.32. The normalized spacial score (nSPS) is 13.9. The molecule has 0 aliphatic rings. The Morgan fingerprint density at radius 2 is 2.30 bits per heavy atom. The third-order valence-corrected chi connectivity index (χ3v) is 1.33. The van der Waals surface area contributed by atoms with Crippen molar-refractivity contribution in [3.63, 3.8) is 0 Å². The molecule has 0 aromatic rings. The van der Waals surface area contributed by atoms with Crippen LogP contribution in [0.3, 0.4) is 0 Å². The number of hydrogen-bond acceptors (Lipinski definition) is 2. The van der Waals surface area contributed by atoms with Crippen LogP contribution in [-0.2, 0) is 4.79 Å². The molecule has 0 aromatic carbocycles. The van der Waals surface area contributed by atoms with Crippen LogP contribution >= 0.6 is 0 Å². The van der Waals surface area contributed by atoms with Crippen LogP contribution in [0.4, 0.5) is 0 Å². The van der Waals surface area contributed by atoms with Crippen LogP contribution in [0.5, 0.6) is 0 Å². The lowest BCUT2D eigenvalue weighted by Gasteiger charge is -2.02. The van der Waals surface area contributed by atoms with Gasteiger partial charge < -0.3 is 5.73 Å². The largest absolute Gasteiger partial charge is 0.369 e. The van der Waals surface area contributed by atoms with Gasteiger partial charge in [0.15, 0.2) is 0 Å². The highest BCUT2D eigenvalue weighted by Gasteiger charge is 2.12. The Morgan fingerprint density at radius 3 is 2.40 bits per heavy atom. The van der Waals surface area contributed by atoms with E-state index in [4.69, 9.17) is 11.0 Å². The highest BCUT2D eigenvalue weighted by Crippen LogP contribution is 2.07. The van der Waals surface area contributed by atoms with Crippen molar-refractivity contribution in [3.8, 4) is 6.07 Å². The second-order valence-corrected chi connectivity index (χ2v) is 1.98. The minimum Gasteiger partial charge on any atom is -0.369 e. The fourth-order valence-electron chi connectivity index (χ4n) is 0.565. The number of carbonyl (C=O) groups is 1. The molecule has 3 heteroatoms. The standard InChI is InChI=1S/C7H10N2O/c1-3-6(4-8)5(2)7(9)10/h3,5H,1-2H3,(H2,9,10)/b6-3-. The fourth-order valence-corrected chi connectivity index (χ4v) is 0.565. The molecule has 0 fully saturated rings. The third-order valence-electron chi connectivity index (χ3n) is 1.33.